The maximum atomic E-state index is 13.3. The topological polar surface area (TPSA) is 24.1 Å². The van der Waals surface area contributed by atoms with Crippen LogP contribution in [-0.2, 0) is 6.42 Å². The van der Waals surface area contributed by atoms with Crippen molar-refractivity contribution in [3.8, 4) is 0 Å². The Morgan fingerprint density at radius 1 is 1.06 bits per heavy atom. The SMILES string of the molecule is CC(C)CNCCNCCc1ccccc1F. The van der Waals surface area contributed by atoms with Gasteiger partial charge in [-0.15, -0.1) is 0 Å². The Labute approximate surface area is 104 Å². The fraction of sp³-hybridized carbons (Fsp3) is 0.571. The van der Waals surface area contributed by atoms with E-state index in [0.717, 1.165) is 38.2 Å². The zero-order valence-corrected chi connectivity index (χ0v) is 10.8. The quantitative estimate of drug-likeness (QED) is 0.679. The number of hydrogen-bond donors (Lipinski definition) is 2. The lowest BCUT2D eigenvalue weighted by Crippen LogP contribution is -2.30. The molecule has 0 saturated carbocycles. The summed E-state index contributed by atoms with van der Waals surface area (Å²) >= 11 is 0. The molecule has 1 aromatic carbocycles. The number of rotatable bonds is 8. The predicted octanol–water partition coefficient (Wildman–Crippen LogP) is 2.20. The van der Waals surface area contributed by atoms with Crippen molar-refractivity contribution in [1.82, 2.24) is 10.6 Å². The van der Waals surface area contributed by atoms with E-state index in [1.54, 1.807) is 6.07 Å². The molecule has 2 nitrogen and oxygen atoms in total. The van der Waals surface area contributed by atoms with Crippen LogP contribution in [0.25, 0.3) is 0 Å². The highest BCUT2D eigenvalue weighted by Crippen LogP contribution is 2.05. The third-order valence-corrected chi connectivity index (χ3v) is 2.56. The molecule has 0 spiro atoms. The molecule has 0 fully saturated rings. The molecule has 0 unspecified atom stereocenters. The van der Waals surface area contributed by atoms with Crippen LogP contribution in [0.4, 0.5) is 4.39 Å². The van der Waals surface area contributed by atoms with Crippen LogP contribution in [0.3, 0.4) is 0 Å². The minimum Gasteiger partial charge on any atom is -0.315 e. The van der Waals surface area contributed by atoms with Crippen molar-refractivity contribution in [3.05, 3.63) is 35.6 Å². The van der Waals surface area contributed by atoms with Crippen LogP contribution in [0.1, 0.15) is 19.4 Å². The summed E-state index contributed by atoms with van der Waals surface area (Å²) < 4.78 is 13.3. The summed E-state index contributed by atoms with van der Waals surface area (Å²) in [5.74, 6) is 0.584. The molecule has 0 aliphatic rings. The molecule has 0 aliphatic heterocycles. The molecule has 0 saturated heterocycles. The third kappa shape index (κ3) is 6.39. The average Bonchev–Trinajstić information content (AvgIpc) is 2.30. The molecule has 0 radical (unpaired) electrons. The minimum atomic E-state index is -0.104. The summed E-state index contributed by atoms with van der Waals surface area (Å²) in [5.41, 5.74) is 0.787. The number of halogens is 1. The van der Waals surface area contributed by atoms with Gasteiger partial charge in [0.15, 0.2) is 0 Å². The molecule has 0 amide bonds. The van der Waals surface area contributed by atoms with Gasteiger partial charge in [0.2, 0.25) is 0 Å². The van der Waals surface area contributed by atoms with Crippen LogP contribution in [-0.4, -0.2) is 26.2 Å². The Bertz CT molecular complexity index is 313. The second kappa shape index (κ2) is 8.20. The number of nitrogens with one attached hydrogen (secondary N) is 2. The second-order valence-electron chi connectivity index (χ2n) is 4.69. The monoisotopic (exact) mass is 238 g/mol. The van der Waals surface area contributed by atoms with Crippen LogP contribution >= 0.6 is 0 Å². The predicted molar refractivity (Wildman–Crippen MR) is 70.7 cm³/mol. The van der Waals surface area contributed by atoms with Gasteiger partial charge in [-0.25, -0.2) is 4.39 Å². The summed E-state index contributed by atoms with van der Waals surface area (Å²) in [5, 5.41) is 6.66. The van der Waals surface area contributed by atoms with E-state index in [9.17, 15) is 4.39 Å². The van der Waals surface area contributed by atoms with Crippen LogP contribution in [0.5, 0.6) is 0 Å². The van der Waals surface area contributed by atoms with Gasteiger partial charge in [-0.1, -0.05) is 32.0 Å². The van der Waals surface area contributed by atoms with Crippen molar-refractivity contribution in [2.24, 2.45) is 5.92 Å². The molecule has 0 bridgehead atoms. The summed E-state index contributed by atoms with van der Waals surface area (Å²) in [7, 11) is 0. The normalized spacial score (nSPS) is 11.1. The van der Waals surface area contributed by atoms with Gasteiger partial charge < -0.3 is 10.6 Å². The third-order valence-electron chi connectivity index (χ3n) is 2.56. The highest BCUT2D eigenvalue weighted by molar-refractivity contribution is 5.17. The zero-order valence-electron chi connectivity index (χ0n) is 10.8. The second-order valence-corrected chi connectivity index (χ2v) is 4.69. The van der Waals surface area contributed by atoms with Crippen molar-refractivity contribution in [2.75, 3.05) is 26.2 Å². The number of hydrogen-bond acceptors (Lipinski definition) is 2. The van der Waals surface area contributed by atoms with Gasteiger partial charge in [0.1, 0.15) is 5.82 Å². The van der Waals surface area contributed by atoms with Gasteiger partial charge >= 0.3 is 0 Å². The lowest BCUT2D eigenvalue weighted by atomic mass is 10.1. The van der Waals surface area contributed by atoms with E-state index in [-0.39, 0.29) is 5.82 Å². The van der Waals surface area contributed by atoms with E-state index in [2.05, 4.69) is 24.5 Å². The molecular formula is C14H23FN2. The Morgan fingerprint density at radius 3 is 2.47 bits per heavy atom. The van der Waals surface area contributed by atoms with Gasteiger partial charge in [0.05, 0.1) is 0 Å². The highest BCUT2D eigenvalue weighted by Gasteiger charge is 1.99. The molecule has 0 aliphatic carbocycles. The molecule has 0 atom stereocenters. The fourth-order valence-corrected chi connectivity index (χ4v) is 1.62. The highest BCUT2D eigenvalue weighted by atomic mass is 19.1. The van der Waals surface area contributed by atoms with Crippen LogP contribution in [0, 0.1) is 11.7 Å². The summed E-state index contributed by atoms with van der Waals surface area (Å²) in [6, 6.07) is 6.96. The van der Waals surface area contributed by atoms with Gasteiger partial charge in [0.25, 0.3) is 0 Å². The van der Waals surface area contributed by atoms with Crippen molar-refractivity contribution < 1.29 is 4.39 Å². The molecule has 2 N–H and O–H groups in total. The van der Waals surface area contributed by atoms with Crippen molar-refractivity contribution in [2.45, 2.75) is 20.3 Å². The van der Waals surface area contributed by atoms with Crippen LogP contribution in [0.2, 0.25) is 0 Å². The van der Waals surface area contributed by atoms with Gasteiger partial charge in [-0.05, 0) is 37.1 Å². The molecule has 0 heterocycles. The standard InChI is InChI=1S/C14H23FN2/c1-12(2)11-17-10-9-16-8-7-13-5-3-4-6-14(13)15/h3-6,12,16-17H,7-11H2,1-2H3. The summed E-state index contributed by atoms with van der Waals surface area (Å²) in [4.78, 5) is 0. The first-order chi connectivity index (χ1) is 8.20. The average molecular weight is 238 g/mol. The van der Waals surface area contributed by atoms with Crippen molar-refractivity contribution >= 4 is 0 Å². The Morgan fingerprint density at radius 2 is 1.76 bits per heavy atom. The molecule has 96 valence electrons. The van der Waals surface area contributed by atoms with Crippen molar-refractivity contribution in [1.29, 1.82) is 0 Å². The lowest BCUT2D eigenvalue weighted by molar-refractivity contribution is 0.534. The van der Waals surface area contributed by atoms with E-state index in [1.807, 2.05) is 12.1 Å². The Hall–Kier alpha value is -0.930. The molecule has 0 aromatic heterocycles. The maximum Gasteiger partial charge on any atom is 0.126 e. The van der Waals surface area contributed by atoms with Gasteiger partial charge in [-0.2, -0.15) is 0 Å². The molecular weight excluding hydrogens is 215 g/mol. The molecule has 1 rings (SSSR count). The van der Waals surface area contributed by atoms with Gasteiger partial charge in [-0.3, -0.25) is 0 Å². The number of benzene rings is 1. The maximum absolute atomic E-state index is 13.3. The van der Waals surface area contributed by atoms with E-state index in [1.165, 1.54) is 6.07 Å². The first-order valence-electron chi connectivity index (χ1n) is 6.35. The van der Waals surface area contributed by atoms with Crippen LogP contribution in [0.15, 0.2) is 24.3 Å². The van der Waals surface area contributed by atoms with E-state index in [4.69, 9.17) is 0 Å². The Balaban J connectivity index is 2.03. The van der Waals surface area contributed by atoms with E-state index >= 15 is 0 Å². The smallest absolute Gasteiger partial charge is 0.126 e. The molecule has 1 aromatic rings. The molecule has 17 heavy (non-hydrogen) atoms. The summed E-state index contributed by atoms with van der Waals surface area (Å²) in [6.45, 7) is 8.16. The largest absolute Gasteiger partial charge is 0.315 e. The Kier molecular flexibility index (Phi) is 6.82. The summed E-state index contributed by atoms with van der Waals surface area (Å²) in [6.07, 6.45) is 0.747. The first kappa shape index (κ1) is 14.1. The lowest BCUT2D eigenvalue weighted by Gasteiger charge is -2.08. The molecule has 3 heteroatoms. The fourth-order valence-electron chi connectivity index (χ4n) is 1.62. The van der Waals surface area contributed by atoms with E-state index < -0.39 is 0 Å². The zero-order chi connectivity index (χ0) is 12.5. The van der Waals surface area contributed by atoms with Crippen molar-refractivity contribution in [3.63, 3.8) is 0 Å². The van der Waals surface area contributed by atoms with E-state index in [0.29, 0.717) is 5.92 Å². The van der Waals surface area contributed by atoms with Gasteiger partial charge in [0, 0.05) is 13.1 Å². The van der Waals surface area contributed by atoms with Crippen LogP contribution < -0.4 is 10.6 Å². The first-order valence-corrected chi connectivity index (χ1v) is 6.35. The minimum absolute atomic E-state index is 0.104.